The summed E-state index contributed by atoms with van der Waals surface area (Å²) in [6.07, 6.45) is -0.158. The standard InChI is InChI=1S/C21H24N2O4/c1-4-14-22-19(24)15(2)27-21(26)18-13-9-8-12-17(18)20(25)23(3)16-10-6-5-7-11-16/h5-13,15H,4,14H2,1-3H3,(H,22,24). The molecule has 0 aliphatic carbocycles. The van der Waals surface area contributed by atoms with Crippen LogP contribution < -0.4 is 10.2 Å². The smallest absolute Gasteiger partial charge is 0.339 e. The van der Waals surface area contributed by atoms with Crippen LogP contribution in [0.1, 0.15) is 41.0 Å². The first-order valence-corrected chi connectivity index (χ1v) is 8.86. The van der Waals surface area contributed by atoms with Crippen molar-refractivity contribution in [3.63, 3.8) is 0 Å². The Labute approximate surface area is 159 Å². The van der Waals surface area contributed by atoms with Crippen LogP contribution in [0.15, 0.2) is 54.6 Å². The Balaban J connectivity index is 2.18. The topological polar surface area (TPSA) is 75.7 Å². The van der Waals surface area contributed by atoms with Gasteiger partial charge in [-0.2, -0.15) is 0 Å². The predicted molar refractivity (Wildman–Crippen MR) is 104 cm³/mol. The van der Waals surface area contributed by atoms with Crippen molar-refractivity contribution in [1.82, 2.24) is 5.32 Å². The van der Waals surface area contributed by atoms with E-state index in [4.69, 9.17) is 4.74 Å². The molecule has 1 unspecified atom stereocenters. The molecule has 0 saturated carbocycles. The van der Waals surface area contributed by atoms with E-state index in [0.717, 1.165) is 6.42 Å². The first kappa shape index (κ1) is 20.2. The van der Waals surface area contributed by atoms with Gasteiger partial charge in [-0.3, -0.25) is 9.59 Å². The van der Waals surface area contributed by atoms with E-state index in [1.54, 1.807) is 37.4 Å². The largest absolute Gasteiger partial charge is 0.449 e. The van der Waals surface area contributed by atoms with E-state index in [0.29, 0.717) is 12.2 Å². The average molecular weight is 368 g/mol. The fraction of sp³-hybridized carbons (Fsp3) is 0.286. The molecule has 27 heavy (non-hydrogen) atoms. The fourth-order valence-electron chi connectivity index (χ4n) is 2.47. The van der Waals surface area contributed by atoms with Crippen LogP contribution in [0.5, 0.6) is 0 Å². The van der Waals surface area contributed by atoms with Gasteiger partial charge >= 0.3 is 5.97 Å². The minimum Gasteiger partial charge on any atom is -0.449 e. The molecule has 0 aliphatic rings. The molecule has 0 fully saturated rings. The molecular weight excluding hydrogens is 344 g/mol. The molecule has 1 N–H and O–H groups in total. The quantitative estimate of drug-likeness (QED) is 0.762. The molecule has 2 rings (SSSR count). The molecule has 2 aromatic rings. The molecule has 0 spiro atoms. The van der Waals surface area contributed by atoms with Crippen molar-refractivity contribution in [3.05, 3.63) is 65.7 Å². The zero-order valence-corrected chi connectivity index (χ0v) is 15.8. The lowest BCUT2D eigenvalue weighted by atomic mass is 10.1. The highest BCUT2D eigenvalue weighted by Gasteiger charge is 2.24. The third-order valence-electron chi connectivity index (χ3n) is 4.03. The van der Waals surface area contributed by atoms with Gasteiger partial charge in [0.2, 0.25) is 0 Å². The summed E-state index contributed by atoms with van der Waals surface area (Å²) in [5.74, 6) is -1.41. The predicted octanol–water partition coefficient (Wildman–Crippen LogP) is 3.03. The van der Waals surface area contributed by atoms with Gasteiger partial charge in [0, 0.05) is 19.3 Å². The molecule has 1 atom stereocenters. The number of carbonyl (C=O) groups excluding carboxylic acids is 3. The van der Waals surface area contributed by atoms with Gasteiger partial charge in [-0.25, -0.2) is 4.79 Å². The zero-order valence-electron chi connectivity index (χ0n) is 15.8. The molecule has 2 amide bonds. The van der Waals surface area contributed by atoms with Gasteiger partial charge in [-0.15, -0.1) is 0 Å². The number of esters is 1. The fourth-order valence-corrected chi connectivity index (χ4v) is 2.47. The molecule has 0 bridgehead atoms. The van der Waals surface area contributed by atoms with Crippen molar-refractivity contribution in [2.75, 3.05) is 18.5 Å². The van der Waals surface area contributed by atoms with Crippen molar-refractivity contribution >= 4 is 23.5 Å². The Morgan fingerprint density at radius 3 is 2.22 bits per heavy atom. The number of benzene rings is 2. The van der Waals surface area contributed by atoms with Gasteiger partial charge in [0.1, 0.15) is 0 Å². The first-order valence-electron chi connectivity index (χ1n) is 8.86. The van der Waals surface area contributed by atoms with Gasteiger partial charge in [-0.05, 0) is 37.6 Å². The second kappa shape index (κ2) is 9.52. The Hall–Kier alpha value is -3.15. The Morgan fingerprint density at radius 2 is 1.59 bits per heavy atom. The number of amides is 2. The molecule has 0 heterocycles. The van der Waals surface area contributed by atoms with Crippen molar-refractivity contribution in [2.45, 2.75) is 26.4 Å². The zero-order chi connectivity index (χ0) is 19.8. The number of carbonyl (C=O) groups is 3. The van der Waals surface area contributed by atoms with Crippen LogP contribution in [-0.2, 0) is 9.53 Å². The van der Waals surface area contributed by atoms with E-state index in [1.165, 1.54) is 17.9 Å². The summed E-state index contributed by atoms with van der Waals surface area (Å²) in [5.41, 5.74) is 1.05. The van der Waals surface area contributed by atoms with Crippen molar-refractivity contribution < 1.29 is 19.1 Å². The van der Waals surface area contributed by atoms with E-state index in [2.05, 4.69) is 5.32 Å². The number of nitrogens with one attached hydrogen (secondary N) is 1. The van der Waals surface area contributed by atoms with E-state index < -0.39 is 12.1 Å². The molecule has 0 saturated heterocycles. The summed E-state index contributed by atoms with van der Waals surface area (Å²) >= 11 is 0. The minimum absolute atomic E-state index is 0.125. The van der Waals surface area contributed by atoms with Gasteiger partial charge in [0.05, 0.1) is 11.1 Å². The Bertz CT molecular complexity index is 805. The second-order valence-electron chi connectivity index (χ2n) is 6.08. The lowest BCUT2D eigenvalue weighted by Gasteiger charge is -2.19. The van der Waals surface area contributed by atoms with Crippen molar-refractivity contribution in [2.24, 2.45) is 0 Å². The molecule has 142 valence electrons. The third kappa shape index (κ3) is 5.17. The maximum Gasteiger partial charge on any atom is 0.339 e. The number of anilines is 1. The Kier molecular flexibility index (Phi) is 7.11. The van der Waals surface area contributed by atoms with E-state index >= 15 is 0 Å². The molecular formula is C21H24N2O4. The Morgan fingerprint density at radius 1 is 1.00 bits per heavy atom. The van der Waals surface area contributed by atoms with Crippen LogP contribution in [0.4, 0.5) is 5.69 Å². The summed E-state index contributed by atoms with van der Waals surface area (Å²) < 4.78 is 5.25. The lowest BCUT2D eigenvalue weighted by Crippen LogP contribution is -2.36. The summed E-state index contributed by atoms with van der Waals surface area (Å²) in [6, 6.07) is 15.5. The summed E-state index contributed by atoms with van der Waals surface area (Å²) in [7, 11) is 1.64. The highest BCUT2D eigenvalue weighted by Crippen LogP contribution is 2.18. The van der Waals surface area contributed by atoms with Crippen LogP contribution >= 0.6 is 0 Å². The maximum absolute atomic E-state index is 12.9. The van der Waals surface area contributed by atoms with Crippen LogP contribution in [0.25, 0.3) is 0 Å². The maximum atomic E-state index is 12.9. The van der Waals surface area contributed by atoms with Crippen molar-refractivity contribution in [1.29, 1.82) is 0 Å². The number of hydrogen-bond donors (Lipinski definition) is 1. The minimum atomic E-state index is -0.945. The van der Waals surface area contributed by atoms with Crippen LogP contribution in [0.2, 0.25) is 0 Å². The number of nitrogens with zero attached hydrogens (tertiary/aromatic N) is 1. The average Bonchev–Trinajstić information content (AvgIpc) is 2.71. The first-order chi connectivity index (χ1) is 13.0. The number of para-hydroxylation sites is 1. The van der Waals surface area contributed by atoms with Gasteiger partial charge in [0.25, 0.3) is 11.8 Å². The van der Waals surface area contributed by atoms with Gasteiger partial charge in [-0.1, -0.05) is 37.3 Å². The molecule has 6 nitrogen and oxygen atoms in total. The highest BCUT2D eigenvalue weighted by atomic mass is 16.5. The second-order valence-corrected chi connectivity index (χ2v) is 6.08. The van der Waals surface area contributed by atoms with Crippen molar-refractivity contribution in [3.8, 4) is 0 Å². The molecule has 0 radical (unpaired) electrons. The number of hydrogen-bond acceptors (Lipinski definition) is 4. The normalized spacial score (nSPS) is 11.4. The van der Waals surface area contributed by atoms with E-state index in [9.17, 15) is 14.4 Å². The summed E-state index contributed by atoms with van der Waals surface area (Å²) in [5, 5.41) is 2.67. The highest BCUT2D eigenvalue weighted by molar-refractivity contribution is 6.12. The summed E-state index contributed by atoms with van der Waals surface area (Å²) in [4.78, 5) is 38.8. The monoisotopic (exact) mass is 368 g/mol. The lowest BCUT2D eigenvalue weighted by molar-refractivity contribution is -0.129. The van der Waals surface area contributed by atoms with Crippen LogP contribution in [-0.4, -0.2) is 37.5 Å². The van der Waals surface area contributed by atoms with Crippen LogP contribution in [0.3, 0.4) is 0 Å². The number of rotatable bonds is 7. The summed E-state index contributed by atoms with van der Waals surface area (Å²) in [6.45, 7) is 3.95. The SMILES string of the molecule is CCCNC(=O)C(C)OC(=O)c1ccccc1C(=O)N(C)c1ccccc1. The molecule has 6 heteroatoms. The van der Waals surface area contributed by atoms with Gasteiger partial charge < -0.3 is 15.0 Å². The van der Waals surface area contributed by atoms with E-state index in [1.807, 2.05) is 25.1 Å². The molecule has 2 aromatic carbocycles. The third-order valence-corrected chi connectivity index (χ3v) is 4.03. The number of ether oxygens (including phenoxy) is 1. The van der Waals surface area contributed by atoms with Gasteiger partial charge in [0.15, 0.2) is 6.10 Å². The van der Waals surface area contributed by atoms with E-state index in [-0.39, 0.29) is 22.9 Å². The molecule has 0 aliphatic heterocycles. The molecule has 0 aromatic heterocycles. The van der Waals surface area contributed by atoms with Crippen LogP contribution in [0, 0.1) is 0 Å².